The third-order valence-corrected chi connectivity index (χ3v) is 2.25. The maximum atomic E-state index is 9.98. The van der Waals surface area contributed by atoms with E-state index in [0.717, 1.165) is 9.13 Å². The summed E-state index contributed by atoms with van der Waals surface area (Å²) in [5, 5.41) is 0. The maximum Gasteiger partial charge on any atom is 0.235 e. The van der Waals surface area contributed by atoms with Crippen LogP contribution in [0, 0.1) is 3.57 Å². The highest BCUT2D eigenvalue weighted by atomic mass is 127. The summed E-state index contributed by atoms with van der Waals surface area (Å²) in [6.45, 7) is 1.87. The zero-order valence-corrected chi connectivity index (χ0v) is 8.78. The zero-order chi connectivity index (χ0) is 8.97. The highest BCUT2D eigenvalue weighted by Crippen LogP contribution is 2.17. The molecule has 0 amide bonds. The molecular weight excluding hydrogens is 265 g/mol. The molecule has 1 atom stereocenters. The van der Waals surface area contributed by atoms with Crippen molar-refractivity contribution in [3.8, 4) is 0 Å². The van der Waals surface area contributed by atoms with Gasteiger partial charge >= 0.3 is 0 Å². The van der Waals surface area contributed by atoms with Crippen LogP contribution >= 0.6 is 22.6 Å². The Balaban J connectivity index is 2.94. The molecule has 1 unspecified atom stereocenters. The molecular formula is C9H8INO. The third kappa shape index (κ3) is 2.43. The van der Waals surface area contributed by atoms with Gasteiger partial charge in [0.15, 0.2) is 0 Å². The lowest BCUT2D eigenvalue weighted by Gasteiger charge is -2.03. The van der Waals surface area contributed by atoms with Gasteiger partial charge in [-0.2, -0.15) is 4.99 Å². The first-order valence-electron chi connectivity index (χ1n) is 3.56. The van der Waals surface area contributed by atoms with Crippen molar-refractivity contribution in [1.29, 1.82) is 0 Å². The highest BCUT2D eigenvalue weighted by molar-refractivity contribution is 14.1. The molecule has 0 radical (unpaired) electrons. The fraction of sp³-hybridized carbons (Fsp3) is 0.222. The van der Waals surface area contributed by atoms with Crippen LogP contribution in [0.15, 0.2) is 29.3 Å². The van der Waals surface area contributed by atoms with E-state index in [-0.39, 0.29) is 6.04 Å². The van der Waals surface area contributed by atoms with Crippen LogP contribution in [0.25, 0.3) is 0 Å². The van der Waals surface area contributed by atoms with Gasteiger partial charge in [0, 0.05) is 3.57 Å². The second-order valence-electron chi connectivity index (χ2n) is 2.45. The number of halogens is 1. The van der Waals surface area contributed by atoms with Crippen LogP contribution in [0.5, 0.6) is 0 Å². The number of benzene rings is 1. The number of nitrogens with zero attached hydrogens (tertiary/aromatic N) is 1. The van der Waals surface area contributed by atoms with Crippen LogP contribution in [0.2, 0.25) is 0 Å². The van der Waals surface area contributed by atoms with Gasteiger partial charge in [0.1, 0.15) is 0 Å². The quantitative estimate of drug-likeness (QED) is 0.463. The topological polar surface area (TPSA) is 29.4 Å². The Labute approximate surface area is 84.8 Å². The Hall–Kier alpha value is -0.670. The summed E-state index contributed by atoms with van der Waals surface area (Å²) in [5.74, 6) is 0. The van der Waals surface area contributed by atoms with E-state index in [2.05, 4.69) is 27.6 Å². The van der Waals surface area contributed by atoms with Crippen molar-refractivity contribution in [3.63, 3.8) is 0 Å². The number of aliphatic imine (C=N–C) groups is 1. The number of rotatable bonds is 2. The predicted molar refractivity (Wildman–Crippen MR) is 55.7 cm³/mol. The van der Waals surface area contributed by atoms with Crippen LogP contribution in [-0.2, 0) is 4.79 Å². The molecule has 12 heavy (non-hydrogen) atoms. The van der Waals surface area contributed by atoms with E-state index >= 15 is 0 Å². The molecule has 0 aliphatic rings. The number of isocyanates is 1. The molecule has 0 aliphatic heterocycles. The summed E-state index contributed by atoms with van der Waals surface area (Å²) in [6.07, 6.45) is 1.56. The van der Waals surface area contributed by atoms with Crippen LogP contribution in [-0.4, -0.2) is 6.08 Å². The van der Waals surface area contributed by atoms with E-state index in [9.17, 15) is 4.79 Å². The van der Waals surface area contributed by atoms with Crippen molar-refractivity contribution in [3.05, 3.63) is 33.4 Å². The molecule has 1 aromatic carbocycles. The van der Waals surface area contributed by atoms with Crippen molar-refractivity contribution < 1.29 is 4.79 Å². The van der Waals surface area contributed by atoms with Crippen LogP contribution in [0.3, 0.4) is 0 Å². The van der Waals surface area contributed by atoms with Crippen LogP contribution < -0.4 is 0 Å². The van der Waals surface area contributed by atoms with E-state index < -0.39 is 0 Å². The molecule has 2 nitrogen and oxygen atoms in total. The van der Waals surface area contributed by atoms with Gasteiger partial charge in [-0.1, -0.05) is 12.1 Å². The van der Waals surface area contributed by atoms with Crippen LogP contribution in [0.1, 0.15) is 18.5 Å². The maximum absolute atomic E-state index is 9.98. The van der Waals surface area contributed by atoms with Gasteiger partial charge in [0.2, 0.25) is 6.08 Å². The van der Waals surface area contributed by atoms with Crippen molar-refractivity contribution in [2.75, 3.05) is 0 Å². The van der Waals surface area contributed by atoms with Crippen molar-refractivity contribution in [1.82, 2.24) is 0 Å². The van der Waals surface area contributed by atoms with Gasteiger partial charge in [-0.05, 0) is 47.2 Å². The zero-order valence-electron chi connectivity index (χ0n) is 6.62. The third-order valence-electron chi connectivity index (χ3n) is 1.58. The first kappa shape index (κ1) is 9.42. The second-order valence-corrected chi connectivity index (χ2v) is 3.70. The smallest absolute Gasteiger partial charge is 0.211 e. The standard InChI is InChI=1S/C9H8INO/c1-7(11-6-12)8-3-2-4-9(10)5-8/h2-5,7H,1H3. The Bertz CT molecular complexity index is 318. The minimum Gasteiger partial charge on any atom is -0.211 e. The lowest BCUT2D eigenvalue weighted by atomic mass is 10.1. The van der Waals surface area contributed by atoms with Gasteiger partial charge in [0.05, 0.1) is 6.04 Å². The fourth-order valence-electron chi connectivity index (χ4n) is 0.920. The number of carbonyl (C=O) groups excluding carboxylic acids is 1. The summed E-state index contributed by atoms with van der Waals surface area (Å²) < 4.78 is 1.15. The SMILES string of the molecule is CC(N=C=O)c1cccc(I)c1. The minimum absolute atomic E-state index is 0.0859. The number of hydrogen-bond acceptors (Lipinski definition) is 2. The summed E-state index contributed by atoms with van der Waals surface area (Å²) in [6, 6.07) is 7.83. The molecule has 0 spiro atoms. The van der Waals surface area contributed by atoms with Crippen molar-refractivity contribution in [2.24, 2.45) is 4.99 Å². The average molecular weight is 273 g/mol. The molecule has 0 fully saturated rings. The van der Waals surface area contributed by atoms with Gasteiger partial charge in [0.25, 0.3) is 0 Å². The predicted octanol–water partition coefficient (Wildman–Crippen LogP) is 2.69. The molecule has 0 saturated carbocycles. The first-order valence-corrected chi connectivity index (χ1v) is 4.64. The fourth-order valence-corrected chi connectivity index (χ4v) is 1.49. The molecule has 0 bridgehead atoms. The van der Waals surface area contributed by atoms with Gasteiger partial charge < -0.3 is 0 Å². The second kappa shape index (κ2) is 4.38. The summed E-state index contributed by atoms with van der Waals surface area (Å²) >= 11 is 2.23. The Kier molecular flexibility index (Phi) is 3.44. The van der Waals surface area contributed by atoms with Crippen molar-refractivity contribution in [2.45, 2.75) is 13.0 Å². The molecule has 62 valence electrons. The van der Waals surface area contributed by atoms with Crippen molar-refractivity contribution >= 4 is 28.7 Å². The Morgan fingerprint density at radius 3 is 2.92 bits per heavy atom. The van der Waals surface area contributed by atoms with E-state index in [4.69, 9.17) is 0 Å². The summed E-state index contributed by atoms with van der Waals surface area (Å²) in [7, 11) is 0. The largest absolute Gasteiger partial charge is 0.235 e. The lowest BCUT2D eigenvalue weighted by molar-refractivity contribution is 0.559. The van der Waals surface area contributed by atoms with E-state index in [1.165, 1.54) is 0 Å². The van der Waals surface area contributed by atoms with E-state index in [0.29, 0.717) is 0 Å². The molecule has 3 heteroatoms. The average Bonchev–Trinajstić information content (AvgIpc) is 2.05. The molecule has 1 rings (SSSR count). The molecule has 0 saturated heterocycles. The molecule has 0 heterocycles. The summed E-state index contributed by atoms with van der Waals surface area (Å²) in [5.41, 5.74) is 1.05. The number of hydrogen-bond donors (Lipinski definition) is 0. The lowest BCUT2D eigenvalue weighted by Crippen LogP contribution is -1.88. The van der Waals surface area contributed by atoms with E-state index in [1.54, 1.807) is 6.08 Å². The van der Waals surface area contributed by atoms with Crippen LogP contribution in [0.4, 0.5) is 0 Å². The Morgan fingerprint density at radius 1 is 1.58 bits per heavy atom. The van der Waals surface area contributed by atoms with E-state index in [1.807, 2.05) is 31.2 Å². The minimum atomic E-state index is -0.0859. The monoisotopic (exact) mass is 273 g/mol. The molecule has 1 aromatic rings. The summed E-state index contributed by atoms with van der Waals surface area (Å²) in [4.78, 5) is 13.6. The molecule has 0 aromatic heterocycles. The molecule has 0 aliphatic carbocycles. The van der Waals surface area contributed by atoms with Gasteiger partial charge in [-0.15, -0.1) is 0 Å². The van der Waals surface area contributed by atoms with Gasteiger partial charge in [-0.3, -0.25) is 0 Å². The first-order chi connectivity index (χ1) is 5.74. The molecule has 0 N–H and O–H groups in total. The Morgan fingerprint density at radius 2 is 2.33 bits per heavy atom. The normalized spacial score (nSPS) is 11.8. The van der Waals surface area contributed by atoms with Gasteiger partial charge in [-0.25, -0.2) is 4.79 Å². The highest BCUT2D eigenvalue weighted by Gasteiger charge is 2.01.